The number of ether oxygens (including phenoxy) is 2. The maximum absolute atomic E-state index is 12.0. The number of methoxy groups -OCH3 is 1. The molecular weight excluding hydrogens is 399 g/mol. The minimum Gasteiger partial charge on any atom is -0.464 e. The highest BCUT2D eigenvalue weighted by Crippen LogP contribution is 2.29. The number of carbonyl (C=O) groups is 2. The average molecular weight is 409 g/mol. The van der Waals surface area contributed by atoms with Crippen LogP contribution in [0.5, 0.6) is 0 Å². The summed E-state index contributed by atoms with van der Waals surface area (Å²) in [6.07, 6.45) is 2.21. The molecule has 0 unspecified atom stereocenters. The summed E-state index contributed by atoms with van der Waals surface area (Å²) in [6, 6.07) is 4.80. The molecule has 0 saturated carbocycles. The van der Waals surface area contributed by atoms with Crippen molar-refractivity contribution in [3.63, 3.8) is 0 Å². The highest BCUT2D eigenvalue weighted by molar-refractivity contribution is 6.36. The van der Waals surface area contributed by atoms with Crippen molar-refractivity contribution in [3.05, 3.63) is 57.9 Å². The van der Waals surface area contributed by atoms with Gasteiger partial charge in [-0.15, -0.1) is 10.2 Å². The van der Waals surface area contributed by atoms with Gasteiger partial charge in [0.25, 0.3) is 5.89 Å². The number of esters is 2. The Morgan fingerprint density at radius 2 is 1.78 bits per heavy atom. The lowest BCUT2D eigenvalue weighted by atomic mass is 10.2. The Bertz CT molecular complexity index is 991. The SMILES string of the molecule is COC(=O)c1cnc(C(=O)OCc2nnc(-c3ccc(Cl)cc3Cl)o2)cn1. The Balaban J connectivity index is 1.64. The quantitative estimate of drug-likeness (QED) is 0.586. The van der Waals surface area contributed by atoms with Crippen molar-refractivity contribution < 1.29 is 23.5 Å². The molecule has 0 atom stereocenters. The van der Waals surface area contributed by atoms with Crippen molar-refractivity contribution in [2.45, 2.75) is 6.61 Å². The fourth-order valence-corrected chi connectivity index (χ4v) is 2.42. The summed E-state index contributed by atoms with van der Waals surface area (Å²) in [7, 11) is 1.21. The summed E-state index contributed by atoms with van der Waals surface area (Å²) in [5.74, 6) is -1.22. The first-order valence-electron chi connectivity index (χ1n) is 7.33. The van der Waals surface area contributed by atoms with E-state index in [0.29, 0.717) is 15.6 Å². The lowest BCUT2D eigenvalue weighted by Gasteiger charge is -2.02. The van der Waals surface area contributed by atoms with Crippen LogP contribution in [0.3, 0.4) is 0 Å². The Hall–Kier alpha value is -3.04. The van der Waals surface area contributed by atoms with Crippen molar-refractivity contribution in [2.75, 3.05) is 7.11 Å². The molecule has 0 amide bonds. The monoisotopic (exact) mass is 408 g/mol. The second-order valence-corrected chi connectivity index (χ2v) is 5.82. The van der Waals surface area contributed by atoms with E-state index in [4.69, 9.17) is 32.4 Å². The van der Waals surface area contributed by atoms with Gasteiger partial charge in [0.15, 0.2) is 18.0 Å². The van der Waals surface area contributed by atoms with Crippen LogP contribution in [0, 0.1) is 0 Å². The van der Waals surface area contributed by atoms with Gasteiger partial charge in [-0.25, -0.2) is 19.6 Å². The molecule has 27 heavy (non-hydrogen) atoms. The standard InChI is InChI=1S/C16H10Cl2N4O5/c1-25-15(23)11-5-20-12(6-19-11)16(24)26-7-13-21-22-14(27-13)9-3-2-8(17)4-10(9)18/h2-6H,7H2,1H3. The smallest absolute Gasteiger partial charge is 0.359 e. The molecule has 3 aromatic rings. The van der Waals surface area contributed by atoms with E-state index in [0.717, 1.165) is 12.4 Å². The van der Waals surface area contributed by atoms with Crippen LogP contribution in [0.15, 0.2) is 35.0 Å². The van der Waals surface area contributed by atoms with Gasteiger partial charge in [0.1, 0.15) is 0 Å². The van der Waals surface area contributed by atoms with E-state index in [1.807, 2.05) is 0 Å². The molecule has 0 bridgehead atoms. The molecule has 0 saturated heterocycles. The molecule has 0 fully saturated rings. The number of aromatic nitrogens is 4. The van der Waals surface area contributed by atoms with Crippen molar-refractivity contribution in [1.29, 1.82) is 0 Å². The molecule has 2 heterocycles. The van der Waals surface area contributed by atoms with Crippen molar-refractivity contribution >= 4 is 35.1 Å². The van der Waals surface area contributed by atoms with E-state index in [9.17, 15) is 9.59 Å². The molecular formula is C16H10Cl2N4O5. The molecule has 2 aromatic heterocycles. The number of benzene rings is 1. The van der Waals surface area contributed by atoms with Gasteiger partial charge in [0.2, 0.25) is 5.89 Å². The van der Waals surface area contributed by atoms with Crippen LogP contribution in [0.2, 0.25) is 10.0 Å². The third-order valence-electron chi connectivity index (χ3n) is 3.21. The first kappa shape index (κ1) is 18.7. The topological polar surface area (TPSA) is 117 Å². The Morgan fingerprint density at radius 3 is 2.41 bits per heavy atom. The van der Waals surface area contributed by atoms with Crippen LogP contribution in [-0.2, 0) is 16.1 Å². The first-order chi connectivity index (χ1) is 13.0. The first-order valence-corrected chi connectivity index (χ1v) is 8.09. The molecule has 0 aliphatic heterocycles. The van der Waals surface area contributed by atoms with E-state index in [2.05, 4.69) is 24.9 Å². The number of hydrogen-bond acceptors (Lipinski definition) is 9. The minimum absolute atomic E-state index is 0.0320. The molecule has 0 aliphatic rings. The minimum atomic E-state index is -0.775. The largest absolute Gasteiger partial charge is 0.464 e. The Kier molecular flexibility index (Phi) is 5.63. The van der Waals surface area contributed by atoms with Crippen LogP contribution in [0.25, 0.3) is 11.5 Å². The van der Waals surface area contributed by atoms with Crippen LogP contribution in [-0.4, -0.2) is 39.2 Å². The van der Waals surface area contributed by atoms with Gasteiger partial charge in [0.05, 0.1) is 30.1 Å². The van der Waals surface area contributed by atoms with Crippen molar-refractivity contribution in [1.82, 2.24) is 20.2 Å². The summed E-state index contributed by atoms with van der Waals surface area (Å²) < 4.78 is 14.9. The zero-order valence-corrected chi connectivity index (χ0v) is 15.2. The molecule has 1 aromatic carbocycles. The average Bonchev–Trinajstić information content (AvgIpc) is 3.14. The van der Waals surface area contributed by atoms with E-state index in [1.54, 1.807) is 18.2 Å². The van der Waals surface area contributed by atoms with Gasteiger partial charge in [0, 0.05) is 5.02 Å². The Morgan fingerprint density at radius 1 is 1.07 bits per heavy atom. The number of rotatable bonds is 5. The summed E-state index contributed by atoms with van der Waals surface area (Å²) in [5, 5.41) is 8.45. The van der Waals surface area contributed by atoms with Crippen molar-refractivity contribution in [3.8, 4) is 11.5 Å². The van der Waals surface area contributed by atoms with Gasteiger partial charge in [-0.05, 0) is 18.2 Å². The molecule has 0 radical (unpaired) electrons. The summed E-state index contributed by atoms with van der Waals surface area (Å²) >= 11 is 11.9. The third-order valence-corrected chi connectivity index (χ3v) is 3.76. The highest BCUT2D eigenvalue weighted by Gasteiger charge is 2.16. The number of nitrogens with zero attached hydrogens (tertiary/aromatic N) is 4. The van der Waals surface area contributed by atoms with Gasteiger partial charge in [-0.1, -0.05) is 23.2 Å². The van der Waals surface area contributed by atoms with Gasteiger partial charge >= 0.3 is 11.9 Å². The van der Waals surface area contributed by atoms with Crippen LogP contribution >= 0.6 is 23.2 Å². The lowest BCUT2D eigenvalue weighted by molar-refractivity contribution is 0.0429. The van der Waals surface area contributed by atoms with Gasteiger partial charge < -0.3 is 13.9 Å². The van der Waals surface area contributed by atoms with Gasteiger partial charge in [-0.2, -0.15) is 0 Å². The molecule has 0 N–H and O–H groups in total. The lowest BCUT2D eigenvalue weighted by Crippen LogP contribution is -2.11. The maximum Gasteiger partial charge on any atom is 0.359 e. The number of hydrogen-bond donors (Lipinski definition) is 0. The summed E-state index contributed by atoms with van der Waals surface area (Å²) in [4.78, 5) is 30.8. The normalized spacial score (nSPS) is 10.5. The summed E-state index contributed by atoms with van der Waals surface area (Å²) in [6.45, 7) is -0.280. The van der Waals surface area contributed by atoms with Crippen LogP contribution < -0.4 is 0 Å². The fraction of sp³-hybridized carbons (Fsp3) is 0.125. The predicted octanol–water partition coefficient (Wildman–Crippen LogP) is 2.98. The van der Waals surface area contributed by atoms with E-state index in [1.165, 1.54) is 7.11 Å². The van der Waals surface area contributed by atoms with Crippen molar-refractivity contribution in [2.24, 2.45) is 0 Å². The molecule has 0 spiro atoms. The van der Waals surface area contributed by atoms with E-state index >= 15 is 0 Å². The fourth-order valence-electron chi connectivity index (χ4n) is 1.93. The second-order valence-electron chi connectivity index (χ2n) is 4.98. The van der Waals surface area contributed by atoms with E-state index < -0.39 is 11.9 Å². The zero-order valence-electron chi connectivity index (χ0n) is 13.7. The van der Waals surface area contributed by atoms with Crippen LogP contribution in [0.4, 0.5) is 0 Å². The summed E-state index contributed by atoms with van der Waals surface area (Å²) in [5.41, 5.74) is 0.369. The third kappa shape index (κ3) is 4.39. The highest BCUT2D eigenvalue weighted by atomic mass is 35.5. The molecule has 11 heteroatoms. The molecule has 0 aliphatic carbocycles. The molecule has 138 valence electrons. The molecule has 9 nitrogen and oxygen atoms in total. The maximum atomic E-state index is 12.0. The van der Waals surface area contributed by atoms with Gasteiger partial charge in [-0.3, -0.25) is 0 Å². The van der Waals surface area contributed by atoms with E-state index in [-0.39, 0.29) is 29.8 Å². The predicted molar refractivity (Wildman–Crippen MR) is 92.2 cm³/mol. The zero-order chi connectivity index (χ0) is 19.4. The molecule has 3 rings (SSSR count). The van der Waals surface area contributed by atoms with Crippen LogP contribution in [0.1, 0.15) is 26.9 Å². The second kappa shape index (κ2) is 8.11. The number of halogens is 2. The number of carbonyl (C=O) groups excluding carboxylic acids is 2. The Labute approximate surface area is 162 Å².